The first kappa shape index (κ1) is 16.7. The average molecular weight is 432 g/mol. The van der Waals surface area contributed by atoms with Gasteiger partial charge in [0.1, 0.15) is 0 Å². The molecule has 1 atom stereocenters. The van der Waals surface area contributed by atoms with Crippen LogP contribution in [0.15, 0.2) is 56.9 Å². The van der Waals surface area contributed by atoms with Crippen molar-refractivity contribution in [3.63, 3.8) is 0 Å². The lowest BCUT2D eigenvalue weighted by Gasteiger charge is -2.41. The highest BCUT2D eigenvalue weighted by molar-refractivity contribution is 9.10. The van der Waals surface area contributed by atoms with Crippen LogP contribution in [0.25, 0.3) is 0 Å². The highest BCUT2D eigenvalue weighted by atomic mass is 79.9. The third kappa shape index (κ3) is 3.10. The summed E-state index contributed by atoms with van der Waals surface area (Å²) in [6.45, 7) is 0.491. The second-order valence-electron chi connectivity index (χ2n) is 5.86. The number of halogens is 1. The van der Waals surface area contributed by atoms with Crippen molar-refractivity contribution in [1.29, 1.82) is 5.26 Å². The molecule has 0 N–H and O–H groups in total. The fraction of sp³-hybridized carbons (Fsp3) is 0.222. The van der Waals surface area contributed by atoms with Crippen LogP contribution >= 0.6 is 39.0 Å². The number of thioether (sulfide) groups is 1. The van der Waals surface area contributed by atoms with Gasteiger partial charge in [0, 0.05) is 27.4 Å². The average Bonchev–Trinajstić information content (AvgIpc) is 3.16. The van der Waals surface area contributed by atoms with Crippen LogP contribution in [-0.4, -0.2) is 23.4 Å². The summed E-state index contributed by atoms with van der Waals surface area (Å²) in [7, 11) is 0. The molecule has 0 aliphatic carbocycles. The predicted molar refractivity (Wildman–Crippen MR) is 105 cm³/mol. The summed E-state index contributed by atoms with van der Waals surface area (Å²) in [6.07, 6.45) is 0.363. The second kappa shape index (κ2) is 6.87. The lowest BCUT2D eigenvalue weighted by molar-refractivity contribution is -0.129. The Balaban J connectivity index is 1.65. The molecule has 2 aromatic rings. The normalized spacial score (nSPS) is 20.5. The number of nitrogens with zero attached hydrogens (tertiary/aromatic N) is 3. The minimum absolute atomic E-state index is 0.0849. The van der Waals surface area contributed by atoms with E-state index in [2.05, 4.69) is 26.9 Å². The Bertz CT molecular complexity index is 871. The van der Waals surface area contributed by atoms with Crippen molar-refractivity contribution >= 4 is 50.6 Å². The van der Waals surface area contributed by atoms with Gasteiger partial charge in [-0.2, -0.15) is 5.26 Å². The molecule has 1 saturated heterocycles. The molecule has 25 heavy (non-hydrogen) atoms. The zero-order chi connectivity index (χ0) is 17.4. The summed E-state index contributed by atoms with van der Waals surface area (Å²) in [5, 5.41) is 12.5. The van der Waals surface area contributed by atoms with Gasteiger partial charge in [-0.25, -0.2) is 0 Å². The predicted octanol–water partition coefficient (Wildman–Crippen LogP) is 4.73. The van der Waals surface area contributed by atoms with Gasteiger partial charge in [-0.3, -0.25) is 9.69 Å². The van der Waals surface area contributed by atoms with Crippen LogP contribution in [-0.2, 0) is 4.79 Å². The van der Waals surface area contributed by atoms with Gasteiger partial charge in [-0.1, -0.05) is 33.8 Å². The van der Waals surface area contributed by atoms with Gasteiger partial charge in [-0.15, -0.1) is 11.3 Å². The van der Waals surface area contributed by atoms with Gasteiger partial charge >= 0.3 is 0 Å². The van der Waals surface area contributed by atoms with Crippen LogP contribution < -0.4 is 4.90 Å². The fourth-order valence-corrected chi connectivity index (χ4v) is 5.38. The van der Waals surface area contributed by atoms with Crippen LogP contribution in [0.3, 0.4) is 0 Å². The Morgan fingerprint density at radius 1 is 1.24 bits per heavy atom. The maximum absolute atomic E-state index is 12.8. The van der Waals surface area contributed by atoms with Crippen LogP contribution in [0.1, 0.15) is 17.2 Å². The topological polar surface area (TPSA) is 47.3 Å². The summed E-state index contributed by atoms with van der Waals surface area (Å²) in [5.41, 5.74) is 1.80. The quantitative estimate of drug-likeness (QED) is 0.689. The SMILES string of the molecule is N#CC1=C2SCN(c3ccc(Br)cc3)CN2C(=O)C[C@H]1c1cccs1. The first-order chi connectivity index (χ1) is 12.2. The first-order valence-electron chi connectivity index (χ1n) is 7.78. The van der Waals surface area contributed by atoms with Gasteiger partial charge in [0.2, 0.25) is 5.91 Å². The van der Waals surface area contributed by atoms with E-state index in [1.54, 1.807) is 28.0 Å². The zero-order valence-electron chi connectivity index (χ0n) is 13.2. The Kier molecular flexibility index (Phi) is 4.59. The van der Waals surface area contributed by atoms with Gasteiger partial charge in [0.05, 0.1) is 29.2 Å². The number of fused-ring (bicyclic) bond motifs is 1. The van der Waals surface area contributed by atoms with Crippen molar-refractivity contribution in [1.82, 2.24) is 4.90 Å². The Hall–Kier alpha value is -1.75. The Morgan fingerprint density at radius 3 is 2.72 bits per heavy atom. The van der Waals surface area contributed by atoms with Crippen molar-refractivity contribution in [3.8, 4) is 6.07 Å². The minimum Gasteiger partial charge on any atom is -0.344 e. The third-order valence-electron chi connectivity index (χ3n) is 4.37. The summed E-state index contributed by atoms with van der Waals surface area (Å²) in [4.78, 5) is 17.8. The van der Waals surface area contributed by atoms with Crippen molar-refractivity contribution < 1.29 is 4.79 Å². The van der Waals surface area contributed by atoms with E-state index >= 15 is 0 Å². The summed E-state index contributed by atoms with van der Waals surface area (Å²) < 4.78 is 1.03. The van der Waals surface area contributed by atoms with Gasteiger partial charge in [0.15, 0.2) is 0 Å². The molecule has 0 unspecified atom stereocenters. The van der Waals surface area contributed by atoms with Crippen LogP contribution in [0.4, 0.5) is 5.69 Å². The van der Waals surface area contributed by atoms with Gasteiger partial charge < -0.3 is 4.90 Å². The summed E-state index contributed by atoms with van der Waals surface area (Å²) >= 11 is 6.63. The minimum atomic E-state index is -0.101. The number of nitriles is 1. The van der Waals surface area contributed by atoms with Crippen molar-refractivity contribution in [2.45, 2.75) is 12.3 Å². The van der Waals surface area contributed by atoms with E-state index in [4.69, 9.17) is 0 Å². The first-order valence-corrected chi connectivity index (χ1v) is 10.4. The molecule has 1 aromatic heterocycles. The van der Waals surface area contributed by atoms with Gasteiger partial charge in [-0.05, 0) is 35.7 Å². The van der Waals surface area contributed by atoms with E-state index in [1.165, 1.54) is 0 Å². The van der Waals surface area contributed by atoms with Crippen molar-refractivity contribution in [3.05, 3.63) is 61.7 Å². The molecule has 4 rings (SSSR count). The summed E-state index contributed by atoms with van der Waals surface area (Å²) in [5.74, 6) is 0.709. The fourth-order valence-electron chi connectivity index (χ4n) is 3.11. The standard InChI is InChI=1S/C18H14BrN3OS2/c19-12-3-5-13(6-4-12)21-10-22-17(23)8-14(16-2-1-7-24-16)15(9-20)18(22)25-11-21/h1-7,14H,8,10-11H2/t14-/m1/s1. The monoisotopic (exact) mass is 431 g/mol. The molecule has 4 nitrogen and oxygen atoms in total. The van der Waals surface area contributed by atoms with E-state index in [-0.39, 0.29) is 11.8 Å². The molecule has 1 fully saturated rings. The smallest absolute Gasteiger partial charge is 0.229 e. The van der Waals surface area contributed by atoms with E-state index in [0.717, 1.165) is 31.5 Å². The van der Waals surface area contributed by atoms with E-state index < -0.39 is 0 Å². The zero-order valence-corrected chi connectivity index (χ0v) is 16.4. The number of hydrogen-bond donors (Lipinski definition) is 0. The number of amides is 1. The number of anilines is 1. The number of carbonyl (C=O) groups is 1. The van der Waals surface area contributed by atoms with Crippen molar-refractivity contribution in [2.75, 3.05) is 17.4 Å². The Morgan fingerprint density at radius 2 is 2.04 bits per heavy atom. The lowest BCUT2D eigenvalue weighted by Crippen LogP contribution is -2.47. The lowest BCUT2D eigenvalue weighted by atomic mass is 9.92. The number of thiophene rings is 1. The maximum atomic E-state index is 12.8. The summed E-state index contributed by atoms with van der Waals surface area (Å²) in [6, 6.07) is 14.4. The molecular weight excluding hydrogens is 418 g/mol. The molecule has 2 aliphatic rings. The van der Waals surface area contributed by atoms with Crippen LogP contribution in [0, 0.1) is 11.3 Å². The van der Waals surface area contributed by atoms with Gasteiger partial charge in [0.25, 0.3) is 0 Å². The number of benzene rings is 1. The molecule has 1 aromatic carbocycles. The molecule has 3 heterocycles. The van der Waals surface area contributed by atoms with Crippen molar-refractivity contribution in [2.24, 2.45) is 0 Å². The van der Waals surface area contributed by atoms with Crippen LogP contribution in [0.5, 0.6) is 0 Å². The molecule has 0 bridgehead atoms. The second-order valence-corrected chi connectivity index (χ2v) is 8.68. The number of hydrogen-bond acceptors (Lipinski definition) is 5. The van der Waals surface area contributed by atoms with E-state index in [0.29, 0.717) is 13.1 Å². The molecule has 0 saturated carbocycles. The molecule has 2 aliphatic heterocycles. The highest BCUT2D eigenvalue weighted by Crippen LogP contribution is 2.44. The number of allylic oxidation sites excluding steroid dienone is 1. The Labute approximate surface area is 162 Å². The number of rotatable bonds is 2. The molecular formula is C18H14BrN3OS2. The number of carbonyl (C=O) groups excluding carboxylic acids is 1. The molecule has 0 radical (unpaired) electrons. The van der Waals surface area contributed by atoms with Crippen LogP contribution in [0.2, 0.25) is 0 Å². The molecule has 0 spiro atoms. The van der Waals surface area contributed by atoms with E-state index in [1.807, 2.05) is 41.8 Å². The van der Waals surface area contributed by atoms with E-state index in [9.17, 15) is 10.1 Å². The molecule has 1 amide bonds. The molecule has 7 heteroatoms. The molecule has 126 valence electrons. The third-order valence-corrected chi connectivity index (χ3v) is 7.04. The largest absolute Gasteiger partial charge is 0.344 e. The maximum Gasteiger partial charge on any atom is 0.229 e. The highest BCUT2D eigenvalue weighted by Gasteiger charge is 2.38.